The second-order valence-corrected chi connectivity index (χ2v) is 7.91. The van der Waals surface area contributed by atoms with Crippen LogP contribution in [0, 0.1) is 0 Å². The molecule has 2 aromatic heterocycles. The maximum absolute atomic E-state index is 12.5. The first-order valence-corrected chi connectivity index (χ1v) is 9.83. The predicted octanol–water partition coefficient (Wildman–Crippen LogP) is 3.75. The molecule has 4 rings (SSSR count). The number of aryl methyl sites for hydroxylation is 2. The predicted molar refractivity (Wildman–Crippen MR) is 105 cm³/mol. The van der Waals surface area contributed by atoms with E-state index in [9.17, 15) is 9.59 Å². The van der Waals surface area contributed by atoms with Gasteiger partial charge >= 0.3 is 0 Å². The Bertz CT molecular complexity index is 970. The third-order valence-electron chi connectivity index (χ3n) is 4.53. The summed E-state index contributed by atoms with van der Waals surface area (Å²) in [6.45, 7) is 0. The number of carbonyl (C=O) groups excluding carboxylic acids is 2. The summed E-state index contributed by atoms with van der Waals surface area (Å²) in [6, 6.07) is 8.99. The summed E-state index contributed by atoms with van der Waals surface area (Å²) in [5.41, 5.74) is 7.89. The standard InChI is InChI=1S/C19H17ClN4O2S/c20-13-7-5-11(6-8-13)17-14(10-21-22-17)18(25)23-24-19(26)16-9-12-3-1-2-4-15(12)27-16/h5-10H,1-4H2,(H,21,22)(H,23,25)(H,24,26). The minimum atomic E-state index is -0.441. The van der Waals surface area contributed by atoms with Crippen molar-refractivity contribution in [2.24, 2.45) is 0 Å². The quantitative estimate of drug-likeness (QED) is 0.585. The van der Waals surface area contributed by atoms with Gasteiger partial charge in [0, 0.05) is 15.5 Å². The number of halogens is 1. The molecule has 6 nitrogen and oxygen atoms in total. The van der Waals surface area contributed by atoms with Crippen LogP contribution in [0.5, 0.6) is 0 Å². The first-order chi connectivity index (χ1) is 13.1. The number of H-pyrrole nitrogens is 1. The van der Waals surface area contributed by atoms with Gasteiger partial charge in [-0.1, -0.05) is 23.7 Å². The van der Waals surface area contributed by atoms with Crippen LogP contribution in [0.1, 0.15) is 43.3 Å². The number of hydrazine groups is 1. The highest BCUT2D eigenvalue weighted by molar-refractivity contribution is 7.14. The summed E-state index contributed by atoms with van der Waals surface area (Å²) >= 11 is 7.40. The van der Waals surface area contributed by atoms with Gasteiger partial charge < -0.3 is 0 Å². The second-order valence-electron chi connectivity index (χ2n) is 6.34. The van der Waals surface area contributed by atoms with Gasteiger partial charge in [-0.05, 0) is 49.4 Å². The van der Waals surface area contributed by atoms with E-state index in [4.69, 9.17) is 11.6 Å². The van der Waals surface area contributed by atoms with E-state index in [1.807, 2.05) is 6.07 Å². The van der Waals surface area contributed by atoms with E-state index in [1.165, 1.54) is 34.4 Å². The Morgan fingerprint density at radius 3 is 2.59 bits per heavy atom. The van der Waals surface area contributed by atoms with Gasteiger partial charge in [-0.3, -0.25) is 25.5 Å². The van der Waals surface area contributed by atoms with Gasteiger partial charge in [-0.25, -0.2) is 0 Å². The van der Waals surface area contributed by atoms with Crippen molar-refractivity contribution in [3.63, 3.8) is 0 Å². The molecule has 0 radical (unpaired) electrons. The molecule has 0 spiro atoms. The summed E-state index contributed by atoms with van der Waals surface area (Å²) in [7, 11) is 0. The molecular weight excluding hydrogens is 384 g/mol. The Hall–Kier alpha value is -2.64. The number of carbonyl (C=O) groups is 2. The Balaban J connectivity index is 1.44. The highest BCUT2D eigenvalue weighted by atomic mass is 35.5. The van der Waals surface area contributed by atoms with Crippen LogP contribution in [0.4, 0.5) is 0 Å². The van der Waals surface area contributed by atoms with Gasteiger partial charge in [0.05, 0.1) is 22.3 Å². The average molecular weight is 401 g/mol. The molecule has 1 aromatic carbocycles. The van der Waals surface area contributed by atoms with Gasteiger partial charge in [-0.15, -0.1) is 11.3 Å². The van der Waals surface area contributed by atoms with Crippen molar-refractivity contribution in [2.45, 2.75) is 25.7 Å². The van der Waals surface area contributed by atoms with Crippen LogP contribution in [0.3, 0.4) is 0 Å². The lowest BCUT2D eigenvalue weighted by Crippen LogP contribution is -2.41. The number of aromatic nitrogens is 2. The highest BCUT2D eigenvalue weighted by Crippen LogP contribution is 2.29. The van der Waals surface area contributed by atoms with E-state index in [0.29, 0.717) is 21.2 Å². The van der Waals surface area contributed by atoms with Gasteiger partial charge in [0.2, 0.25) is 0 Å². The lowest BCUT2D eigenvalue weighted by molar-refractivity contribution is 0.0849. The molecule has 3 N–H and O–H groups in total. The third-order valence-corrected chi connectivity index (χ3v) is 6.01. The smallest absolute Gasteiger partial charge is 0.277 e. The summed E-state index contributed by atoms with van der Waals surface area (Å²) in [6.07, 6.45) is 5.80. The molecule has 27 heavy (non-hydrogen) atoms. The number of fused-ring (bicyclic) bond motifs is 1. The zero-order valence-electron chi connectivity index (χ0n) is 14.3. The zero-order valence-corrected chi connectivity index (χ0v) is 15.9. The fourth-order valence-electron chi connectivity index (χ4n) is 3.14. The van der Waals surface area contributed by atoms with E-state index < -0.39 is 5.91 Å². The summed E-state index contributed by atoms with van der Waals surface area (Å²) in [5.74, 6) is -0.748. The number of nitrogens with zero attached hydrogens (tertiary/aromatic N) is 1. The van der Waals surface area contributed by atoms with Crippen molar-refractivity contribution in [1.29, 1.82) is 0 Å². The highest BCUT2D eigenvalue weighted by Gasteiger charge is 2.19. The number of thiophene rings is 1. The lowest BCUT2D eigenvalue weighted by Gasteiger charge is -2.08. The number of hydrogen-bond acceptors (Lipinski definition) is 4. The van der Waals surface area contributed by atoms with Crippen molar-refractivity contribution >= 4 is 34.8 Å². The molecule has 0 saturated heterocycles. The minimum absolute atomic E-state index is 0.306. The van der Waals surface area contributed by atoms with Crippen LogP contribution in [0.15, 0.2) is 36.5 Å². The topological polar surface area (TPSA) is 86.9 Å². The maximum atomic E-state index is 12.5. The Morgan fingerprint density at radius 1 is 1.07 bits per heavy atom. The maximum Gasteiger partial charge on any atom is 0.279 e. The van der Waals surface area contributed by atoms with Crippen LogP contribution < -0.4 is 10.9 Å². The molecule has 3 aromatic rings. The number of rotatable bonds is 3. The van der Waals surface area contributed by atoms with Crippen LogP contribution in [0.2, 0.25) is 5.02 Å². The first-order valence-electron chi connectivity index (χ1n) is 8.63. The fraction of sp³-hybridized carbons (Fsp3) is 0.211. The van der Waals surface area contributed by atoms with Crippen LogP contribution in [0.25, 0.3) is 11.3 Å². The SMILES string of the molecule is O=C(NNC(=O)c1cn[nH]c1-c1ccc(Cl)cc1)c1cc2c(s1)CCCC2. The molecule has 138 valence electrons. The molecule has 1 aliphatic rings. The number of nitrogens with one attached hydrogen (secondary N) is 3. The van der Waals surface area contributed by atoms with Crippen molar-refractivity contribution in [1.82, 2.24) is 21.0 Å². The molecule has 0 unspecified atom stereocenters. The Labute approximate surface area is 164 Å². The van der Waals surface area contributed by atoms with Crippen LogP contribution in [-0.2, 0) is 12.8 Å². The van der Waals surface area contributed by atoms with Gasteiger partial charge in [-0.2, -0.15) is 5.10 Å². The molecule has 8 heteroatoms. The minimum Gasteiger partial charge on any atom is -0.277 e. The van der Waals surface area contributed by atoms with E-state index in [2.05, 4.69) is 21.0 Å². The summed E-state index contributed by atoms with van der Waals surface area (Å²) < 4.78 is 0. The van der Waals surface area contributed by atoms with Gasteiger partial charge in [0.15, 0.2) is 0 Å². The summed E-state index contributed by atoms with van der Waals surface area (Å²) in [4.78, 5) is 26.8. The van der Waals surface area contributed by atoms with Crippen molar-refractivity contribution in [3.8, 4) is 11.3 Å². The molecular formula is C19H17ClN4O2S. The molecule has 2 heterocycles. The second kappa shape index (κ2) is 7.54. The Morgan fingerprint density at radius 2 is 1.81 bits per heavy atom. The first kappa shape index (κ1) is 17.8. The van der Waals surface area contributed by atoms with E-state index in [-0.39, 0.29) is 5.91 Å². The molecule has 0 fully saturated rings. The third kappa shape index (κ3) is 3.74. The van der Waals surface area contributed by atoms with Crippen molar-refractivity contribution in [2.75, 3.05) is 0 Å². The number of hydrogen-bond donors (Lipinski definition) is 3. The number of amides is 2. The van der Waals surface area contributed by atoms with Crippen molar-refractivity contribution < 1.29 is 9.59 Å². The van der Waals surface area contributed by atoms with E-state index in [1.54, 1.807) is 24.3 Å². The summed E-state index contributed by atoms with van der Waals surface area (Å²) in [5, 5.41) is 7.36. The van der Waals surface area contributed by atoms with Crippen LogP contribution in [-0.4, -0.2) is 22.0 Å². The van der Waals surface area contributed by atoms with Crippen molar-refractivity contribution in [3.05, 3.63) is 62.4 Å². The monoisotopic (exact) mass is 400 g/mol. The lowest BCUT2D eigenvalue weighted by atomic mass is 9.99. The zero-order chi connectivity index (χ0) is 18.8. The van der Waals surface area contributed by atoms with Gasteiger partial charge in [0.25, 0.3) is 11.8 Å². The molecule has 0 saturated carbocycles. The van der Waals surface area contributed by atoms with E-state index in [0.717, 1.165) is 24.8 Å². The molecule has 1 aliphatic carbocycles. The molecule has 2 amide bonds. The molecule has 0 aliphatic heterocycles. The largest absolute Gasteiger partial charge is 0.279 e. The molecule has 0 bridgehead atoms. The molecule has 0 atom stereocenters. The fourth-order valence-corrected chi connectivity index (χ4v) is 4.41. The van der Waals surface area contributed by atoms with Crippen LogP contribution >= 0.6 is 22.9 Å². The number of aromatic amines is 1. The van der Waals surface area contributed by atoms with E-state index >= 15 is 0 Å². The van der Waals surface area contributed by atoms with Gasteiger partial charge in [0.1, 0.15) is 0 Å². The normalized spacial score (nSPS) is 13.1. The average Bonchev–Trinajstić information content (AvgIpc) is 3.33. The number of benzene rings is 1. The Kier molecular flexibility index (Phi) is 4.96.